The second-order valence-corrected chi connectivity index (χ2v) is 7.02. The van der Waals surface area contributed by atoms with E-state index in [9.17, 15) is 0 Å². The van der Waals surface area contributed by atoms with E-state index < -0.39 is 0 Å². The summed E-state index contributed by atoms with van der Waals surface area (Å²) in [4.78, 5) is 7.05. The Balaban J connectivity index is 1.78. The van der Waals surface area contributed by atoms with Gasteiger partial charge in [0, 0.05) is 23.8 Å². The fourth-order valence-electron chi connectivity index (χ4n) is 2.11. The molecule has 4 heteroatoms. The Bertz CT molecular complexity index is 400. The molecule has 3 rings (SSSR count). The summed E-state index contributed by atoms with van der Waals surface area (Å²) in [6.45, 7) is 2.37. The smallest absolute Gasteiger partial charge is 0.142 e. The highest BCUT2D eigenvalue weighted by atomic mass is 79.9. The number of hydrogen-bond donors (Lipinski definition) is 0. The summed E-state index contributed by atoms with van der Waals surface area (Å²) in [5, 5.41) is 0. The van der Waals surface area contributed by atoms with Gasteiger partial charge in [-0.05, 0) is 75.4 Å². The number of anilines is 1. The molecule has 0 saturated heterocycles. The van der Waals surface area contributed by atoms with Gasteiger partial charge in [-0.2, -0.15) is 0 Å². The van der Waals surface area contributed by atoms with Crippen LogP contribution in [0.2, 0.25) is 0 Å². The summed E-state index contributed by atoms with van der Waals surface area (Å²) in [6.07, 6.45) is 7.49. The Morgan fingerprint density at radius 1 is 1.12 bits per heavy atom. The molecule has 0 aliphatic heterocycles. The maximum atomic E-state index is 4.57. The quantitative estimate of drug-likeness (QED) is 0.781. The zero-order valence-corrected chi connectivity index (χ0v) is 12.9. The van der Waals surface area contributed by atoms with Gasteiger partial charge in [-0.3, -0.25) is 0 Å². The molecule has 17 heavy (non-hydrogen) atoms. The molecule has 2 aliphatic carbocycles. The third kappa shape index (κ3) is 3.22. The third-order valence-electron chi connectivity index (χ3n) is 3.44. The van der Waals surface area contributed by atoms with Crippen molar-refractivity contribution >= 4 is 37.7 Å². The van der Waals surface area contributed by atoms with Crippen LogP contribution in [0.1, 0.15) is 25.7 Å². The lowest BCUT2D eigenvalue weighted by atomic mass is 10.3. The molecular formula is C13H16Br2N2. The number of aromatic nitrogens is 1. The first kappa shape index (κ1) is 12.0. The molecular weight excluding hydrogens is 344 g/mol. The molecule has 1 heterocycles. The predicted octanol–water partition coefficient (Wildman–Crippen LogP) is 4.23. The van der Waals surface area contributed by atoms with Gasteiger partial charge in [0.05, 0.1) is 4.47 Å². The minimum absolute atomic E-state index is 0.908. The van der Waals surface area contributed by atoms with Crippen LogP contribution in [0, 0.1) is 11.8 Å². The normalized spacial score (nSPS) is 19.4. The van der Waals surface area contributed by atoms with E-state index >= 15 is 0 Å². The molecule has 2 fully saturated rings. The average molecular weight is 360 g/mol. The number of hydrogen-bond acceptors (Lipinski definition) is 2. The Hall–Kier alpha value is -0.0900. The molecule has 2 aliphatic rings. The highest BCUT2D eigenvalue weighted by Crippen LogP contribution is 2.37. The Kier molecular flexibility index (Phi) is 3.44. The first-order valence-electron chi connectivity index (χ1n) is 6.28. The fraction of sp³-hybridized carbons (Fsp3) is 0.615. The standard InChI is InChI=1S/C13H16Br2N2/c14-11-5-12(15)13(16-6-11)17(7-9-1-2-9)8-10-3-4-10/h5-6,9-10H,1-4,7-8H2. The van der Waals surface area contributed by atoms with Gasteiger partial charge in [0.2, 0.25) is 0 Å². The largest absolute Gasteiger partial charge is 0.355 e. The van der Waals surface area contributed by atoms with E-state index in [-0.39, 0.29) is 0 Å². The van der Waals surface area contributed by atoms with Gasteiger partial charge in [0.25, 0.3) is 0 Å². The van der Waals surface area contributed by atoms with E-state index in [1.165, 1.54) is 38.8 Å². The number of halogens is 2. The van der Waals surface area contributed by atoms with Crippen LogP contribution in [0.5, 0.6) is 0 Å². The van der Waals surface area contributed by atoms with Crippen LogP contribution < -0.4 is 4.90 Å². The first-order valence-corrected chi connectivity index (χ1v) is 7.87. The highest BCUT2D eigenvalue weighted by molar-refractivity contribution is 9.11. The van der Waals surface area contributed by atoms with Gasteiger partial charge in [-0.15, -0.1) is 0 Å². The van der Waals surface area contributed by atoms with Gasteiger partial charge in [0.1, 0.15) is 5.82 Å². The van der Waals surface area contributed by atoms with Gasteiger partial charge >= 0.3 is 0 Å². The molecule has 0 atom stereocenters. The summed E-state index contributed by atoms with van der Waals surface area (Å²) < 4.78 is 2.14. The van der Waals surface area contributed by atoms with E-state index in [0.29, 0.717) is 0 Å². The van der Waals surface area contributed by atoms with Crippen LogP contribution in [0.3, 0.4) is 0 Å². The molecule has 0 radical (unpaired) electrons. The van der Waals surface area contributed by atoms with Crippen LogP contribution in [-0.2, 0) is 0 Å². The van der Waals surface area contributed by atoms with Crippen molar-refractivity contribution in [3.05, 3.63) is 21.2 Å². The molecule has 0 aromatic carbocycles. The van der Waals surface area contributed by atoms with Crippen LogP contribution in [0.25, 0.3) is 0 Å². The Morgan fingerprint density at radius 3 is 2.18 bits per heavy atom. The first-order chi connectivity index (χ1) is 8.22. The summed E-state index contributed by atoms with van der Waals surface area (Å²) in [7, 11) is 0. The number of rotatable bonds is 5. The number of nitrogens with zero attached hydrogens (tertiary/aromatic N) is 2. The van der Waals surface area contributed by atoms with E-state index in [1.54, 1.807) is 0 Å². The van der Waals surface area contributed by atoms with Crippen molar-refractivity contribution in [3.8, 4) is 0 Å². The van der Waals surface area contributed by atoms with E-state index in [0.717, 1.165) is 26.6 Å². The second kappa shape index (κ2) is 4.88. The van der Waals surface area contributed by atoms with Crippen molar-refractivity contribution in [1.29, 1.82) is 0 Å². The van der Waals surface area contributed by atoms with Crippen LogP contribution >= 0.6 is 31.9 Å². The van der Waals surface area contributed by atoms with Gasteiger partial charge in [0.15, 0.2) is 0 Å². The van der Waals surface area contributed by atoms with Crippen molar-refractivity contribution in [3.63, 3.8) is 0 Å². The molecule has 1 aromatic heterocycles. The van der Waals surface area contributed by atoms with Crippen LogP contribution in [-0.4, -0.2) is 18.1 Å². The SMILES string of the molecule is Brc1cnc(N(CC2CC2)CC2CC2)c(Br)c1. The number of pyridine rings is 1. The minimum atomic E-state index is 0.908. The zero-order chi connectivity index (χ0) is 11.8. The van der Waals surface area contributed by atoms with Crippen LogP contribution in [0.4, 0.5) is 5.82 Å². The highest BCUT2D eigenvalue weighted by Gasteiger charge is 2.30. The molecule has 0 bridgehead atoms. The topological polar surface area (TPSA) is 16.1 Å². The third-order valence-corrected chi connectivity index (χ3v) is 4.46. The van der Waals surface area contributed by atoms with Crippen LogP contribution in [0.15, 0.2) is 21.2 Å². The Morgan fingerprint density at radius 2 is 1.71 bits per heavy atom. The lowest BCUT2D eigenvalue weighted by molar-refractivity contribution is 0.670. The maximum absolute atomic E-state index is 4.57. The lowest BCUT2D eigenvalue weighted by Crippen LogP contribution is -2.29. The predicted molar refractivity (Wildman–Crippen MR) is 77.3 cm³/mol. The molecule has 0 N–H and O–H groups in total. The molecule has 1 aromatic rings. The molecule has 0 unspecified atom stereocenters. The zero-order valence-electron chi connectivity index (χ0n) is 9.70. The van der Waals surface area contributed by atoms with Gasteiger partial charge < -0.3 is 4.90 Å². The molecule has 0 spiro atoms. The monoisotopic (exact) mass is 358 g/mol. The molecule has 0 amide bonds. The molecule has 92 valence electrons. The minimum Gasteiger partial charge on any atom is -0.355 e. The van der Waals surface area contributed by atoms with E-state index in [1.807, 2.05) is 6.20 Å². The van der Waals surface area contributed by atoms with Gasteiger partial charge in [-0.25, -0.2) is 4.98 Å². The second-order valence-electron chi connectivity index (χ2n) is 5.25. The van der Waals surface area contributed by atoms with Crippen molar-refractivity contribution in [1.82, 2.24) is 4.98 Å². The Labute approximate surface area is 119 Å². The van der Waals surface area contributed by atoms with Crippen molar-refractivity contribution in [2.24, 2.45) is 11.8 Å². The maximum Gasteiger partial charge on any atom is 0.142 e. The summed E-state index contributed by atoms with van der Waals surface area (Å²) >= 11 is 7.10. The van der Waals surface area contributed by atoms with E-state index in [2.05, 4.69) is 47.8 Å². The molecule has 2 saturated carbocycles. The van der Waals surface area contributed by atoms with Crippen molar-refractivity contribution < 1.29 is 0 Å². The van der Waals surface area contributed by atoms with Gasteiger partial charge in [-0.1, -0.05) is 0 Å². The van der Waals surface area contributed by atoms with E-state index in [4.69, 9.17) is 0 Å². The van der Waals surface area contributed by atoms with Crippen molar-refractivity contribution in [2.45, 2.75) is 25.7 Å². The average Bonchev–Trinajstić information content (AvgIpc) is 3.11. The van der Waals surface area contributed by atoms with Crippen molar-refractivity contribution in [2.75, 3.05) is 18.0 Å². The lowest BCUT2D eigenvalue weighted by Gasteiger charge is -2.24. The molecule has 2 nitrogen and oxygen atoms in total. The fourth-order valence-corrected chi connectivity index (χ4v) is 3.35. The summed E-state index contributed by atoms with van der Waals surface area (Å²) in [5.74, 6) is 2.93. The summed E-state index contributed by atoms with van der Waals surface area (Å²) in [5.41, 5.74) is 0. The summed E-state index contributed by atoms with van der Waals surface area (Å²) in [6, 6.07) is 2.09.